The highest BCUT2D eigenvalue weighted by Crippen LogP contribution is 2.20. The Bertz CT molecular complexity index is 669. The Morgan fingerprint density at radius 1 is 1.15 bits per heavy atom. The summed E-state index contributed by atoms with van der Waals surface area (Å²) < 4.78 is 40.8. The first-order valence-corrected chi connectivity index (χ1v) is 5.89. The molecular formula is C14H13F3N2O. The second kappa shape index (κ2) is 5.03. The van der Waals surface area contributed by atoms with Gasteiger partial charge in [0, 0.05) is 36.8 Å². The molecule has 1 aromatic heterocycles. The zero-order valence-electron chi connectivity index (χ0n) is 11.2. The normalized spacial score (nSPS) is 10.7. The third-order valence-corrected chi connectivity index (χ3v) is 3.14. The van der Waals surface area contributed by atoms with Crippen LogP contribution in [-0.4, -0.2) is 10.5 Å². The zero-order chi connectivity index (χ0) is 15.0. The van der Waals surface area contributed by atoms with E-state index in [2.05, 4.69) is 5.32 Å². The van der Waals surface area contributed by atoms with Crippen LogP contribution in [0.2, 0.25) is 0 Å². The number of nitrogens with zero attached hydrogens (tertiary/aromatic N) is 1. The molecule has 0 radical (unpaired) electrons. The van der Waals surface area contributed by atoms with Gasteiger partial charge in [-0.15, -0.1) is 0 Å². The molecular weight excluding hydrogens is 269 g/mol. The van der Waals surface area contributed by atoms with Crippen molar-refractivity contribution in [2.24, 2.45) is 7.05 Å². The van der Waals surface area contributed by atoms with E-state index in [9.17, 15) is 18.0 Å². The second-order valence-electron chi connectivity index (χ2n) is 4.59. The van der Waals surface area contributed by atoms with Gasteiger partial charge in [-0.2, -0.15) is 0 Å². The molecule has 2 aromatic rings. The predicted octanol–water partition coefficient (Wildman–Crippen LogP) is 3.31. The van der Waals surface area contributed by atoms with Crippen molar-refractivity contribution in [1.29, 1.82) is 0 Å². The first kappa shape index (κ1) is 14.2. The Labute approximate surface area is 114 Å². The van der Waals surface area contributed by atoms with Crippen molar-refractivity contribution in [1.82, 2.24) is 4.57 Å². The maximum Gasteiger partial charge on any atom is 0.257 e. The summed E-state index contributed by atoms with van der Waals surface area (Å²) in [5.41, 5.74) is 1.76. The standard InChI is InChI=1S/C14H13F3N2O/c1-7-6-19(3)8(2)12(7)14(20)18-9-4-10(15)13(17)11(16)5-9/h4-6H,1-3H3,(H,18,20). The molecule has 0 spiro atoms. The van der Waals surface area contributed by atoms with E-state index in [-0.39, 0.29) is 5.69 Å². The van der Waals surface area contributed by atoms with Gasteiger partial charge in [-0.1, -0.05) is 0 Å². The fourth-order valence-corrected chi connectivity index (χ4v) is 2.08. The molecule has 106 valence electrons. The number of amides is 1. The molecule has 1 amide bonds. The Balaban J connectivity index is 2.33. The minimum Gasteiger partial charge on any atom is -0.354 e. The molecule has 6 heteroatoms. The molecule has 1 heterocycles. The maximum absolute atomic E-state index is 13.1. The summed E-state index contributed by atoms with van der Waals surface area (Å²) >= 11 is 0. The minimum atomic E-state index is -1.56. The Morgan fingerprint density at radius 3 is 2.15 bits per heavy atom. The van der Waals surface area contributed by atoms with Crippen molar-refractivity contribution in [2.75, 3.05) is 5.32 Å². The number of anilines is 1. The van der Waals surface area contributed by atoms with Crippen LogP contribution in [0.3, 0.4) is 0 Å². The number of benzene rings is 1. The van der Waals surface area contributed by atoms with E-state index in [1.165, 1.54) is 0 Å². The molecule has 0 fully saturated rings. The van der Waals surface area contributed by atoms with Crippen molar-refractivity contribution in [2.45, 2.75) is 13.8 Å². The summed E-state index contributed by atoms with van der Waals surface area (Å²) in [4.78, 5) is 12.1. The van der Waals surface area contributed by atoms with E-state index in [0.29, 0.717) is 5.56 Å². The summed E-state index contributed by atoms with van der Waals surface area (Å²) in [5, 5.41) is 2.36. The van der Waals surface area contributed by atoms with Crippen LogP contribution in [-0.2, 0) is 7.05 Å². The Kier molecular flexibility index (Phi) is 3.57. The fourth-order valence-electron chi connectivity index (χ4n) is 2.08. The highest BCUT2D eigenvalue weighted by atomic mass is 19.2. The Hall–Kier alpha value is -2.24. The maximum atomic E-state index is 13.1. The van der Waals surface area contributed by atoms with Crippen LogP contribution in [0.25, 0.3) is 0 Å². The van der Waals surface area contributed by atoms with E-state index in [4.69, 9.17) is 0 Å². The lowest BCUT2D eigenvalue weighted by atomic mass is 10.1. The number of rotatable bonds is 2. The molecule has 0 saturated heterocycles. The van der Waals surface area contributed by atoms with Crippen LogP contribution in [0.5, 0.6) is 0 Å². The van der Waals surface area contributed by atoms with E-state index < -0.39 is 23.4 Å². The molecule has 1 N–H and O–H groups in total. The van der Waals surface area contributed by atoms with Gasteiger partial charge in [0.25, 0.3) is 5.91 Å². The van der Waals surface area contributed by atoms with Gasteiger partial charge in [0.1, 0.15) is 0 Å². The lowest BCUT2D eigenvalue weighted by molar-refractivity contribution is 0.102. The molecule has 0 atom stereocenters. The van der Waals surface area contributed by atoms with Gasteiger partial charge in [-0.3, -0.25) is 4.79 Å². The summed E-state index contributed by atoms with van der Waals surface area (Å²) in [6.45, 7) is 3.52. The van der Waals surface area contributed by atoms with Gasteiger partial charge in [0.15, 0.2) is 17.5 Å². The number of aryl methyl sites for hydroxylation is 2. The van der Waals surface area contributed by atoms with Crippen molar-refractivity contribution in [3.63, 3.8) is 0 Å². The fraction of sp³-hybridized carbons (Fsp3) is 0.214. The molecule has 1 aromatic carbocycles. The van der Waals surface area contributed by atoms with Gasteiger partial charge in [-0.25, -0.2) is 13.2 Å². The number of nitrogens with one attached hydrogen (secondary N) is 1. The van der Waals surface area contributed by atoms with E-state index in [1.54, 1.807) is 31.7 Å². The average Bonchev–Trinajstić information content (AvgIpc) is 2.60. The van der Waals surface area contributed by atoms with Crippen LogP contribution >= 0.6 is 0 Å². The third kappa shape index (κ3) is 2.41. The minimum absolute atomic E-state index is 0.131. The highest BCUT2D eigenvalue weighted by molar-refractivity contribution is 6.06. The van der Waals surface area contributed by atoms with Gasteiger partial charge in [-0.05, 0) is 19.4 Å². The lowest BCUT2D eigenvalue weighted by Gasteiger charge is -2.07. The number of halogens is 3. The molecule has 0 saturated carbocycles. The smallest absolute Gasteiger partial charge is 0.257 e. The van der Waals surface area contributed by atoms with Crippen molar-refractivity contribution in [3.05, 3.63) is 52.6 Å². The average molecular weight is 282 g/mol. The van der Waals surface area contributed by atoms with Crippen LogP contribution in [0.15, 0.2) is 18.3 Å². The van der Waals surface area contributed by atoms with Gasteiger partial charge >= 0.3 is 0 Å². The summed E-state index contributed by atoms with van der Waals surface area (Å²) in [7, 11) is 1.79. The van der Waals surface area contributed by atoms with Crippen LogP contribution < -0.4 is 5.32 Å². The summed E-state index contributed by atoms with van der Waals surface area (Å²) in [5.74, 6) is -4.75. The van der Waals surface area contributed by atoms with E-state index in [0.717, 1.165) is 23.4 Å². The molecule has 3 nitrogen and oxygen atoms in total. The van der Waals surface area contributed by atoms with E-state index in [1.807, 2.05) is 0 Å². The lowest BCUT2D eigenvalue weighted by Crippen LogP contribution is -2.14. The third-order valence-electron chi connectivity index (χ3n) is 3.14. The number of aromatic nitrogens is 1. The topological polar surface area (TPSA) is 34.0 Å². The molecule has 0 aliphatic rings. The largest absolute Gasteiger partial charge is 0.354 e. The van der Waals surface area contributed by atoms with Crippen molar-refractivity contribution < 1.29 is 18.0 Å². The van der Waals surface area contributed by atoms with Gasteiger partial charge in [0.2, 0.25) is 0 Å². The second-order valence-corrected chi connectivity index (χ2v) is 4.59. The number of carbonyl (C=O) groups is 1. The zero-order valence-corrected chi connectivity index (χ0v) is 11.2. The molecule has 0 aliphatic heterocycles. The first-order chi connectivity index (χ1) is 9.31. The Morgan fingerprint density at radius 2 is 1.70 bits per heavy atom. The van der Waals surface area contributed by atoms with Gasteiger partial charge < -0.3 is 9.88 Å². The molecule has 0 unspecified atom stereocenters. The first-order valence-electron chi connectivity index (χ1n) is 5.89. The van der Waals surface area contributed by atoms with Crippen LogP contribution in [0.1, 0.15) is 21.6 Å². The summed E-state index contributed by atoms with van der Waals surface area (Å²) in [6.07, 6.45) is 1.77. The van der Waals surface area contributed by atoms with E-state index >= 15 is 0 Å². The van der Waals surface area contributed by atoms with Gasteiger partial charge in [0.05, 0.1) is 5.56 Å². The molecule has 0 bridgehead atoms. The van der Waals surface area contributed by atoms with Crippen molar-refractivity contribution in [3.8, 4) is 0 Å². The molecule has 20 heavy (non-hydrogen) atoms. The molecule has 2 rings (SSSR count). The summed E-state index contributed by atoms with van der Waals surface area (Å²) in [6, 6.07) is 1.48. The predicted molar refractivity (Wildman–Crippen MR) is 69.2 cm³/mol. The van der Waals surface area contributed by atoms with Crippen LogP contribution in [0, 0.1) is 31.3 Å². The van der Waals surface area contributed by atoms with Crippen LogP contribution in [0.4, 0.5) is 18.9 Å². The number of hydrogen-bond donors (Lipinski definition) is 1. The quantitative estimate of drug-likeness (QED) is 0.842. The monoisotopic (exact) mass is 282 g/mol. The highest BCUT2D eigenvalue weighted by Gasteiger charge is 2.17. The number of hydrogen-bond acceptors (Lipinski definition) is 1. The SMILES string of the molecule is Cc1cn(C)c(C)c1C(=O)Nc1cc(F)c(F)c(F)c1. The number of carbonyl (C=O) groups excluding carboxylic acids is 1. The molecule has 0 aliphatic carbocycles. The van der Waals surface area contributed by atoms with Crippen molar-refractivity contribution >= 4 is 11.6 Å².